The van der Waals surface area contributed by atoms with E-state index in [-0.39, 0.29) is 24.1 Å². The first kappa shape index (κ1) is 20.1. The fourth-order valence-corrected chi connectivity index (χ4v) is 4.04. The number of carbonyl (C=O) groups is 3. The summed E-state index contributed by atoms with van der Waals surface area (Å²) in [7, 11) is 0. The van der Waals surface area contributed by atoms with Crippen molar-refractivity contribution in [3.8, 4) is 5.75 Å². The number of hydrogen-bond acceptors (Lipinski definition) is 5. The Morgan fingerprint density at radius 3 is 2.43 bits per heavy atom. The summed E-state index contributed by atoms with van der Waals surface area (Å²) < 4.78 is 5.41. The van der Waals surface area contributed by atoms with Crippen LogP contribution >= 0.6 is 11.3 Å². The highest BCUT2D eigenvalue weighted by Crippen LogP contribution is 2.32. The van der Waals surface area contributed by atoms with Gasteiger partial charge in [-0.25, -0.2) is 4.90 Å². The molecule has 0 saturated carbocycles. The van der Waals surface area contributed by atoms with E-state index < -0.39 is 11.6 Å². The molecule has 0 spiro atoms. The molecule has 1 unspecified atom stereocenters. The standard InChI is InChI=1S/C21H24N2O4S/c1-5-27-15-10-8-14(9-11-15)22-18(24)13-16(19(22)25)23(21(2,3)4)20(26)17-7-6-12-28-17/h6-12,16H,5,13H2,1-4H3. The predicted molar refractivity (Wildman–Crippen MR) is 109 cm³/mol. The van der Waals surface area contributed by atoms with E-state index in [4.69, 9.17) is 4.74 Å². The Kier molecular flexibility index (Phi) is 5.56. The number of amides is 3. The Balaban J connectivity index is 1.91. The minimum Gasteiger partial charge on any atom is -0.494 e. The average molecular weight is 401 g/mol. The number of imide groups is 1. The summed E-state index contributed by atoms with van der Waals surface area (Å²) in [6, 6.07) is 9.53. The first-order valence-electron chi connectivity index (χ1n) is 9.21. The Morgan fingerprint density at radius 1 is 1.21 bits per heavy atom. The van der Waals surface area contributed by atoms with Gasteiger partial charge < -0.3 is 9.64 Å². The molecule has 3 amide bonds. The number of rotatable bonds is 5. The van der Waals surface area contributed by atoms with Crippen molar-refractivity contribution < 1.29 is 19.1 Å². The molecule has 28 heavy (non-hydrogen) atoms. The van der Waals surface area contributed by atoms with Crippen LogP contribution in [0.3, 0.4) is 0 Å². The fourth-order valence-electron chi connectivity index (χ4n) is 3.38. The van der Waals surface area contributed by atoms with Crippen LogP contribution in [0.15, 0.2) is 41.8 Å². The highest BCUT2D eigenvalue weighted by molar-refractivity contribution is 7.12. The lowest BCUT2D eigenvalue weighted by Gasteiger charge is -2.38. The zero-order valence-corrected chi connectivity index (χ0v) is 17.3. The molecule has 0 bridgehead atoms. The second kappa shape index (κ2) is 7.75. The number of anilines is 1. The number of carbonyl (C=O) groups excluding carboxylic acids is 3. The van der Waals surface area contributed by atoms with Crippen LogP contribution in [0.4, 0.5) is 5.69 Å². The van der Waals surface area contributed by atoms with Crippen LogP contribution < -0.4 is 9.64 Å². The maximum Gasteiger partial charge on any atom is 0.265 e. The zero-order chi connectivity index (χ0) is 20.5. The molecule has 3 rings (SSSR count). The van der Waals surface area contributed by atoms with E-state index in [0.29, 0.717) is 22.9 Å². The van der Waals surface area contributed by atoms with Gasteiger partial charge in [0.05, 0.1) is 23.6 Å². The summed E-state index contributed by atoms with van der Waals surface area (Å²) in [4.78, 5) is 42.2. The molecule has 0 radical (unpaired) electrons. The van der Waals surface area contributed by atoms with E-state index in [1.807, 2.05) is 33.1 Å². The Bertz CT molecular complexity index is 869. The third-order valence-electron chi connectivity index (χ3n) is 4.51. The molecule has 0 N–H and O–H groups in total. The molecule has 2 heterocycles. The molecule has 0 aliphatic carbocycles. The number of thiophene rings is 1. The fraction of sp³-hybridized carbons (Fsp3) is 0.381. The molecule has 1 aliphatic rings. The highest BCUT2D eigenvalue weighted by Gasteiger charge is 2.47. The van der Waals surface area contributed by atoms with E-state index in [2.05, 4.69) is 0 Å². The molecule has 7 heteroatoms. The third-order valence-corrected chi connectivity index (χ3v) is 5.37. The lowest BCUT2D eigenvalue weighted by molar-refractivity contribution is -0.123. The number of nitrogens with zero attached hydrogens (tertiary/aromatic N) is 2. The van der Waals surface area contributed by atoms with Crippen LogP contribution in [-0.4, -0.2) is 40.8 Å². The van der Waals surface area contributed by atoms with Crippen LogP contribution in [0.1, 0.15) is 43.8 Å². The van der Waals surface area contributed by atoms with Crippen LogP contribution in [0.25, 0.3) is 0 Å². The Labute approximate surface area is 168 Å². The summed E-state index contributed by atoms with van der Waals surface area (Å²) in [6.07, 6.45) is -0.0274. The maximum absolute atomic E-state index is 13.2. The van der Waals surface area contributed by atoms with Crippen LogP contribution in [0.5, 0.6) is 5.75 Å². The van der Waals surface area contributed by atoms with E-state index in [1.54, 1.807) is 36.4 Å². The lowest BCUT2D eigenvalue weighted by atomic mass is 10.0. The van der Waals surface area contributed by atoms with Crippen molar-refractivity contribution in [2.45, 2.75) is 45.7 Å². The molecule has 1 saturated heterocycles. The minimum atomic E-state index is -0.825. The van der Waals surface area contributed by atoms with Crippen molar-refractivity contribution in [1.29, 1.82) is 0 Å². The van der Waals surface area contributed by atoms with Gasteiger partial charge in [-0.05, 0) is 63.4 Å². The predicted octanol–water partition coefficient (Wildman–Crippen LogP) is 3.72. The molecular weight excluding hydrogens is 376 g/mol. The van der Waals surface area contributed by atoms with Gasteiger partial charge in [-0.15, -0.1) is 11.3 Å². The largest absolute Gasteiger partial charge is 0.494 e. The quantitative estimate of drug-likeness (QED) is 0.718. The van der Waals surface area contributed by atoms with Gasteiger partial charge in [0, 0.05) is 5.54 Å². The van der Waals surface area contributed by atoms with Crippen molar-refractivity contribution in [3.63, 3.8) is 0 Å². The van der Waals surface area contributed by atoms with Crippen LogP contribution in [-0.2, 0) is 9.59 Å². The van der Waals surface area contributed by atoms with Crippen LogP contribution in [0.2, 0.25) is 0 Å². The second-order valence-corrected chi connectivity index (χ2v) is 8.49. The van der Waals surface area contributed by atoms with Crippen molar-refractivity contribution in [3.05, 3.63) is 46.7 Å². The summed E-state index contributed by atoms with van der Waals surface area (Å²) in [5.74, 6) is -0.255. The summed E-state index contributed by atoms with van der Waals surface area (Å²) in [6.45, 7) is 8.04. The molecule has 1 atom stereocenters. The van der Waals surface area contributed by atoms with Crippen LogP contribution in [0, 0.1) is 0 Å². The normalized spacial score (nSPS) is 17.1. The zero-order valence-electron chi connectivity index (χ0n) is 16.5. The molecule has 1 fully saturated rings. The lowest BCUT2D eigenvalue weighted by Crippen LogP contribution is -2.54. The molecule has 148 valence electrons. The smallest absolute Gasteiger partial charge is 0.265 e. The van der Waals surface area contributed by atoms with Gasteiger partial charge in [-0.1, -0.05) is 6.07 Å². The van der Waals surface area contributed by atoms with Gasteiger partial charge in [-0.2, -0.15) is 0 Å². The SMILES string of the molecule is CCOc1ccc(N2C(=O)CC(N(C(=O)c3cccs3)C(C)(C)C)C2=O)cc1. The first-order valence-corrected chi connectivity index (χ1v) is 10.1. The van der Waals surface area contributed by atoms with Crippen molar-refractivity contribution in [2.24, 2.45) is 0 Å². The van der Waals surface area contributed by atoms with Gasteiger partial charge in [0.1, 0.15) is 11.8 Å². The molecule has 1 aliphatic heterocycles. The van der Waals surface area contributed by atoms with Gasteiger partial charge in [-0.3, -0.25) is 14.4 Å². The van der Waals surface area contributed by atoms with Gasteiger partial charge in [0.15, 0.2) is 0 Å². The monoisotopic (exact) mass is 400 g/mol. The highest BCUT2D eigenvalue weighted by atomic mass is 32.1. The summed E-state index contributed by atoms with van der Waals surface area (Å²) in [5, 5.41) is 1.82. The van der Waals surface area contributed by atoms with E-state index in [9.17, 15) is 14.4 Å². The first-order chi connectivity index (χ1) is 13.2. The minimum absolute atomic E-state index is 0.0274. The summed E-state index contributed by atoms with van der Waals surface area (Å²) >= 11 is 1.32. The summed E-state index contributed by atoms with van der Waals surface area (Å²) in [5.41, 5.74) is -0.130. The van der Waals surface area contributed by atoms with Gasteiger partial charge in [0.2, 0.25) is 5.91 Å². The molecule has 6 nitrogen and oxygen atoms in total. The average Bonchev–Trinajstić information content (AvgIpc) is 3.24. The van der Waals surface area contributed by atoms with Gasteiger partial charge in [0.25, 0.3) is 11.8 Å². The number of hydrogen-bond donors (Lipinski definition) is 0. The third kappa shape index (κ3) is 3.80. The number of ether oxygens (including phenoxy) is 1. The molecule has 2 aromatic rings. The molecule has 1 aromatic heterocycles. The van der Waals surface area contributed by atoms with Crippen molar-refractivity contribution in [1.82, 2.24) is 4.90 Å². The van der Waals surface area contributed by atoms with E-state index >= 15 is 0 Å². The van der Waals surface area contributed by atoms with Crippen molar-refractivity contribution in [2.75, 3.05) is 11.5 Å². The van der Waals surface area contributed by atoms with Crippen molar-refractivity contribution >= 4 is 34.7 Å². The Morgan fingerprint density at radius 2 is 1.89 bits per heavy atom. The van der Waals surface area contributed by atoms with E-state index in [0.717, 1.165) is 0 Å². The second-order valence-electron chi connectivity index (χ2n) is 7.54. The topological polar surface area (TPSA) is 66.9 Å². The molecule has 1 aromatic carbocycles. The van der Waals surface area contributed by atoms with Gasteiger partial charge >= 0.3 is 0 Å². The maximum atomic E-state index is 13.2. The van der Waals surface area contributed by atoms with E-state index in [1.165, 1.54) is 21.1 Å². The number of benzene rings is 1. The Hall–Kier alpha value is -2.67. The molecular formula is C21H24N2O4S.